The molecule has 4 rings (SSSR count). The van der Waals surface area contributed by atoms with E-state index in [1.165, 1.54) is 25.8 Å². The summed E-state index contributed by atoms with van der Waals surface area (Å²) in [5.41, 5.74) is 2.69. The smallest absolute Gasteiger partial charge is 0.169 e. The van der Waals surface area contributed by atoms with Gasteiger partial charge in [-0.25, -0.2) is 12.8 Å². The average molecular weight is 467 g/mol. The summed E-state index contributed by atoms with van der Waals surface area (Å²) in [4.78, 5) is 3.74. The molecule has 0 aliphatic rings. The van der Waals surface area contributed by atoms with Crippen LogP contribution in [0, 0.1) is 19.7 Å². The molecular formula is C26H23FO3S2. The second-order valence-corrected chi connectivity index (χ2v) is 10.5. The Morgan fingerprint density at radius 2 is 1.22 bits per heavy atom. The van der Waals surface area contributed by atoms with Crippen molar-refractivity contribution in [3.05, 3.63) is 120 Å². The van der Waals surface area contributed by atoms with Crippen LogP contribution in [-0.4, -0.2) is 13.0 Å². The molecule has 164 valence electrons. The lowest BCUT2D eigenvalue weighted by molar-refractivity contribution is 0.463. The van der Waals surface area contributed by atoms with Gasteiger partial charge in [-0.05, 0) is 68.4 Å². The molecule has 0 amide bonds. The normalized spacial score (nSPS) is 11.0. The van der Waals surface area contributed by atoms with Crippen LogP contribution in [0.4, 0.5) is 4.39 Å². The van der Waals surface area contributed by atoms with Crippen molar-refractivity contribution >= 4 is 21.0 Å². The summed E-state index contributed by atoms with van der Waals surface area (Å²) in [6, 6.07) is 32.1. The molecule has 0 saturated heterocycles. The van der Waals surface area contributed by atoms with Gasteiger partial charge in [0.05, 0.1) is 15.8 Å². The highest BCUT2D eigenvalue weighted by Crippen LogP contribution is 2.33. The van der Waals surface area contributed by atoms with Crippen LogP contribution in [-0.2, 0) is 21.0 Å². The number of aryl methyl sites for hydroxylation is 2. The Bertz CT molecular complexity index is 1220. The SMILES string of the molecule is Cc1ccc([S+](c2ccccc2)c2ccccc2)c(C)c1.O=S(=O)([O-])c1ccc(F)cc1. The van der Waals surface area contributed by atoms with Gasteiger partial charge in [-0.15, -0.1) is 0 Å². The minimum Gasteiger partial charge on any atom is -0.744 e. The Morgan fingerprint density at radius 3 is 1.66 bits per heavy atom. The highest BCUT2D eigenvalue weighted by atomic mass is 32.2. The molecule has 6 heteroatoms. The fourth-order valence-corrected chi connectivity index (χ4v) is 5.83. The van der Waals surface area contributed by atoms with E-state index >= 15 is 0 Å². The molecule has 4 aromatic rings. The summed E-state index contributed by atoms with van der Waals surface area (Å²) < 4.78 is 43.0. The molecule has 0 aromatic heterocycles. The Labute approximate surface area is 191 Å². The highest BCUT2D eigenvalue weighted by molar-refractivity contribution is 7.97. The summed E-state index contributed by atoms with van der Waals surface area (Å²) in [5, 5.41) is 0. The standard InChI is InChI=1S/C20H19S.C6H5FO3S/c1-16-13-14-20(17(2)15-16)21(18-9-5-3-6-10-18)19-11-7-4-8-12-19;7-5-1-3-6(4-2-5)11(8,9)10/h3-15H,1-2H3;1-4H,(H,8,9,10)/q+1;/p-1. The van der Waals surface area contributed by atoms with Crippen molar-refractivity contribution in [3.8, 4) is 0 Å². The van der Waals surface area contributed by atoms with Gasteiger partial charge in [-0.3, -0.25) is 0 Å². The number of rotatable bonds is 4. The molecule has 0 atom stereocenters. The fraction of sp³-hybridized carbons (Fsp3) is 0.0769. The van der Waals surface area contributed by atoms with Crippen molar-refractivity contribution in [1.29, 1.82) is 0 Å². The summed E-state index contributed by atoms with van der Waals surface area (Å²) in [6.45, 7) is 4.37. The maximum atomic E-state index is 12.2. The molecule has 0 fully saturated rings. The molecule has 0 radical (unpaired) electrons. The van der Waals surface area contributed by atoms with Crippen molar-refractivity contribution in [2.75, 3.05) is 0 Å². The monoisotopic (exact) mass is 466 g/mol. The molecule has 0 aliphatic heterocycles. The predicted molar refractivity (Wildman–Crippen MR) is 125 cm³/mol. The van der Waals surface area contributed by atoms with Crippen LogP contribution in [0.1, 0.15) is 11.1 Å². The van der Waals surface area contributed by atoms with E-state index in [4.69, 9.17) is 0 Å². The third-order valence-corrected chi connectivity index (χ3v) is 7.85. The number of halogens is 1. The van der Waals surface area contributed by atoms with E-state index in [-0.39, 0.29) is 10.9 Å². The quantitative estimate of drug-likeness (QED) is 0.269. The topological polar surface area (TPSA) is 57.2 Å². The lowest BCUT2D eigenvalue weighted by Gasteiger charge is -2.10. The van der Waals surface area contributed by atoms with Crippen molar-refractivity contribution in [3.63, 3.8) is 0 Å². The van der Waals surface area contributed by atoms with E-state index in [1.54, 1.807) is 0 Å². The molecule has 4 aromatic carbocycles. The van der Waals surface area contributed by atoms with Gasteiger partial charge in [0.25, 0.3) is 0 Å². The third kappa shape index (κ3) is 6.29. The van der Waals surface area contributed by atoms with Crippen LogP contribution < -0.4 is 0 Å². The molecule has 0 heterocycles. The summed E-state index contributed by atoms with van der Waals surface area (Å²) in [7, 11) is -4.47. The molecule has 32 heavy (non-hydrogen) atoms. The Morgan fingerprint density at radius 1 is 0.719 bits per heavy atom. The van der Waals surface area contributed by atoms with E-state index in [0.29, 0.717) is 0 Å². The van der Waals surface area contributed by atoms with Crippen LogP contribution in [0.5, 0.6) is 0 Å². The van der Waals surface area contributed by atoms with Crippen molar-refractivity contribution in [2.45, 2.75) is 33.4 Å². The van der Waals surface area contributed by atoms with Crippen LogP contribution in [0.2, 0.25) is 0 Å². The summed E-state index contributed by atoms with van der Waals surface area (Å²) >= 11 is 0. The number of hydrogen-bond donors (Lipinski definition) is 0. The van der Waals surface area contributed by atoms with Gasteiger partial charge < -0.3 is 4.55 Å². The van der Waals surface area contributed by atoms with Gasteiger partial charge in [-0.2, -0.15) is 0 Å². The van der Waals surface area contributed by atoms with E-state index in [9.17, 15) is 17.4 Å². The molecule has 0 saturated carbocycles. The Hall–Kier alpha value is -2.93. The molecule has 0 unspecified atom stereocenters. The minimum absolute atomic E-state index is 0.0345. The third-order valence-electron chi connectivity index (χ3n) is 4.61. The fourth-order valence-electron chi connectivity index (χ4n) is 3.13. The summed E-state index contributed by atoms with van der Waals surface area (Å²) in [6.07, 6.45) is 0. The predicted octanol–water partition coefficient (Wildman–Crippen LogP) is 6.13. The lowest BCUT2D eigenvalue weighted by atomic mass is 10.2. The van der Waals surface area contributed by atoms with Crippen molar-refractivity contribution in [2.24, 2.45) is 0 Å². The van der Waals surface area contributed by atoms with Crippen LogP contribution in [0.25, 0.3) is 0 Å². The van der Waals surface area contributed by atoms with Gasteiger partial charge in [0.1, 0.15) is 15.9 Å². The van der Waals surface area contributed by atoms with E-state index < -0.39 is 20.8 Å². The highest BCUT2D eigenvalue weighted by Gasteiger charge is 2.29. The van der Waals surface area contributed by atoms with Gasteiger partial charge in [0.15, 0.2) is 14.7 Å². The molecule has 3 nitrogen and oxygen atoms in total. The number of benzene rings is 4. The zero-order chi connectivity index (χ0) is 23.1. The van der Waals surface area contributed by atoms with E-state index in [0.717, 1.165) is 24.3 Å². The molecule has 0 aliphatic carbocycles. The summed E-state index contributed by atoms with van der Waals surface area (Å²) in [5.74, 6) is -0.572. The van der Waals surface area contributed by atoms with E-state index in [2.05, 4.69) is 92.7 Å². The van der Waals surface area contributed by atoms with Gasteiger partial charge in [0, 0.05) is 5.56 Å². The van der Waals surface area contributed by atoms with Crippen LogP contribution >= 0.6 is 0 Å². The first-order valence-electron chi connectivity index (χ1n) is 9.89. The largest absolute Gasteiger partial charge is 0.744 e. The number of hydrogen-bond acceptors (Lipinski definition) is 3. The van der Waals surface area contributed by atoms with Crippen LogP contribution in [0.3, 0.4) is 0 Å². The minimum atomic E-state index is -4.44. The molecule has 0 spiro atoms. The van der Waals surface area contributed by atoms with Gasteiger partial charge in [-0.1, -0.05) is 54.1 Å². The molecular weight excluding hydrogens is 443 g/mol. The van der Waals surface area contributed by atoms with Crippen molar-refractivity contribution in [1.82, 2.24) is 0 Å². The van der Waals surface area contributed by atoms with Gasteiger partial charge >= 0.3 is 0 Å². The first-order valence-corrected chi connectivity index (χ1v) is 12.5. The second kappa shape index (κ2) is 10.6. The zero-order valence-corrected chi connectivity index (χ0v) is 19.4. The first kappa shape index (κ1) is 23.7. The Balaban J connectivity index is 0.000000222. The molecule has 0 N–H and O–H groups in total. The first-order chi connectivity index (χ1) is 15.3. The van der Waals surface area contributed by atoms with Crippen LogP contribution in [0.15, 0.2) is 123 Å². The maximum Gasteiger partial charge on any atom is 0.169 e. The lowest BCUT2D eigenvalue weighted by Crippen LogP contribution is -2.06. The van der Waals surface area contributed by atoms with Crippen molar-refractivity contribution < 1.29 is 17.4 Å². The van der Waals surface area contributed by atoms with Gasteiger partial charge in [0.2, 0.25) is 0 Å². The Kier molecular flexibility index (Phi) is 7.85. The van der Waals surface area contributed by atoms with E-state index in [1.807, 2.05) is 0 Å². The molecule has 0 bridgehead atoms. The average Bonchev–Trinajstić information content (AvgIpc) is 2.77. The zero-order valence-electron chi connectivity index (χ0n) is 17.7. The second-order valence-electron chi connectivity index (χ2n) is 7.11. The maximum absolute atomic E-state index is 12.2.